The molecule has 5 heteroatoms. The lowest BCUT2D eigenvalue weighted by atomic mass is 10.0. The van der Waals surface area contributed by atoms with Crippen LogP contribution in [0.2, 0.25) is 0 Å². The van der Waals surface area contributed by atoms with Gasteiger partial charge < -0.3 is 14.8 Å². The van der Waals surface area contributed by atoms with Crippen LogP contribution in [0.4, 0.5) is 0 Å². The maximum Gasteiger partial charge on any atom is 0.219 e. The Bertz CT molecular complexity index is 784. The Hall–Kier alpha value is -2.56. The molecule has 138 valence electrons. The lowest BCUT2D eigenvalue weighted by Gasteiger charge is -2.24. The van der Waals surface area contributed by atoms with Gasteiger partial charge >= 0.3 is 0 Å². The summed E-state index contributed by atoms with van der Waals surface area (Å²) in [6, 6.07) is 10.3. The number of nitrogens with zero attached hydrogens (tertiary/aromatic N) is 3. The normalized spacial score (nSPS) is 17.8. The molecule has 0 spiro atoms. The van der Waals surface area contributed by atoms with E-state index in [1.807, 2.05) is 18.2 Å². The fourth-order valence-electron chi connectivity index (χ4n) is 3.39. The summed E-state index contributed by atoms with van der Waals surface area (Å²) in [5.41, 5.74) is 3.20. The Morgan fingerprint density at radius 3 is 2.69 bits per heavy atom. The van der Waals surface area contributed by atoms with E-state index in [4.69, 9.17) is 4.74 Å². The standard InChI is InChI=1S/C21H27N3O2/c1-14(2)18-10-15(3)11-19(12-18)26-20-8-7-17(13-22-20)21(23-25)24-9-5-6-16(24)4/h7-8,10-14,16,25H,5-6,9H2,1-4H3/b23-21-. The van der Waals surface area contributed by atoms with Gasteiger partial charge in [-0.1, -0.05) is 25.1 Å². The number of oxime groups is 1. The molecule has 5 nitrogen and oxygen atoms in total. The van der Waals surface area contributed by atoms with E-state index >= 15 is 0 Å². The van der Waals surface area contributed by atoms with Crippen molar-refractivity contribution in [3.63, 3.8) is 0 Å². The molecule has 0 bridgehead atoms. The second kappa shape index (κ2) is 7.77. The van der Waals surface area contributed by atoms with Gasteiger partial charge in [0, 0.05) is 30.4 Å². The van der Waals surface area contributed by atoms with Crippen molar-refractivity contribution >= 4 is 5.84 Å². The van der Waals surface area contributed by atoms with Crippen molar-refractivity contribution in [1.82, 2.24) is 9.88 Å². The molecule has 0 radical (unpaired) electrons. The molecule has 1 saturated heterocycles. The van der Waals surface area contributed by atoms with E-state index in [0.29, 0.717) is 23.7 Å². The quantitative estimate of drug-likeness (QED) is 0.367. The number of rotatable bonds is 4. The topological polar surface area (TPSA) is 58.0 Å². The monoisotopic (exact) mass is 353 g/mol. The maximum absolute atomic E-state index is 9.46. The van der Waals surface area contributed by atoms with Gasteiger partial charge in [-0.2, -0.15) is 0 Å². The minimum absolute atomic E-state index is 0.374. The molecular formula is C21H27N3O2. The van der Waals surface area contributed by atoms with Gasteiger partial charge in [-0.3, -0.25) is 0 Å². The molecule has 1 unspecified atom stereocenters. The molecule has 1 N–H and O–H groups in total. The zero-order valence-corrected chi connectivity index (χ0v) is 15.9. The fraction of sp³-hybridized carbons (Fsp3) is 0.429. The average molecular weight is 353 g/mol. The van der Waals surface area contributed by atoms with Crippen LogP contribution in [0.15, 0.2) is 41.7 Å². The third-order valence-electron chi connectivity index (χ3n) is 4.88. The molecule has 1 aromatic carbocycles. The molecule has 1 aliphatic rings. The zero-order chi connectivity index (χ0) is 18.7. The number of likely N-dealkylation sites (tertiary alicyclic amines) is 1. The third kappa shape index (κ3) is 3.98. The number of amidine groups is 1. The van der Waals surface area contributed by atoms with Crippen molar-refractivity contribution in [2.45, 2.75) is 52.5 Å². The largest absolute Gasteiger partial charge is 0.439 e. The summed E-state index contributed by atoms with van der Waals surface area (Å²) in [4.78, 5) is 6.52. The second-order valence-electron chi connectivity index (χ2n) is 7.33. The van der Waals surface area contributed by atoms with Crippen LogP contribution in [0.5, 0.6) is 11.6 Å². The number of benzene rings is 1. The molecule has 1 atom stereocenters. The summed E-state index contributed by atoms with van der Waals surface area (Å²) < 4.78 is 5.94. The minimum atomic E-state index is 0.374. The number of ether oxygens (including phenoxy) is 1. The highest BCUT2D eigenvalue weighted by Gasteiger charge is 2.25. The lowest BCUT2D eigenvalue weighted by Crippen LogP contribution is -2.34. The van der Waals surface area contributed by atoms with Gasteiger partial charge in [0.15, 0.2) is 5.84 Å². The molecular weight excluding hydrogens is 326 g/mol. The SMILES string of the molecule is Cc1cc(Oc2ccc(/C(=N/O)N3CCCC3C)cn2)cc(C(C)C)c1. The molecule has 1 aromatic heterocycles. The fourth-order valence-corrected chi connectivity index (χ4v) is 3.39. The van der Waals surface area contributed by atoms with Crippen LogP contribution in [-0.2, 0) is 0 Å². The first-order chi connectivity index (χ1) is 12.5. The van der Waals surface area contributed by atoms with Crippen LogP contribution < -0.4 is 4.74 Å². The van der Waals surface area contributed by atoms with Crippen LogP contribution >= 0.6 is 0 Å². The van der Waals surface area contributed by atoms with Crippen molar-refractivity contribution in [3.8, 4) is 11.6 Å². The number of pyridine rings is 1. The van der Waals surface area contributed by atoms with Crippen molar-refractivity contribution in [2.24, 2.45) is 5.16 Å². The summed E-state index contributed by atoms with van der Waals surface area (Å²) in [6.45, 7) is 9.45. The molecule has 2 heterocycles. The van der Waals surface area contributed by atoms with Crippen LogP contribution in [-0.4, -0.2) is 33.5 Å². The predicted octanol–water partition coefficient (Wildman–Crippen LogP) is 4.93. The Morgan fingerprint density at radius 2 is 2.12 bits per heavy atom. The Balaban J connectivity index is 1.78. The number of hydrogen-bond donors (Lipinski definition) is 1. The van der Waals surface area contributed by atoms with Crippen molar-refractivity contribution in [2.75, 3.05) is 6.54 Å². The molecule has 1 aliphatic heterocycles. The Morgan fingerprint density at radius 1 is 1.31 bits per heavy atom. The zero-order valence-electron chi connectivity index (χ0n) is 15.9. The van der Waals surface area contributed by atoms with Gasteiger partial charge in [0.25, 0.3) is 0 Å². The summed E-state index contributed by atoms with van der Waals surface area (Å²) >= 11 is 0. The van der Waals surface area contributed by atoms with Crippen LogP contribution in [0.25, 0.3) is 0 Å². The van der Waals surface area contributed by atoms with Crippen molar-refractivity contribution in [3.05, 3.63) is 53.2 Å². The number of aryl methyl sites for hydroxylation is 1. The van der Waals surface area contributed by atoms with Gasteiger partial charge in [-0.15, -0.1) is 0 Å². The molecule has 3 rings (SSSR count). The van der Waals surface area contributed by atoms with Gasteiger partial charge in [-0.05, 0) is 61.9 Å². The molecule has 1 fully saturated rings. The average Bonchev–Trinajstić information content (AvgIpc) is 3.02. The summed E-state index contributed by atoms with van der Waals surface area (Å²) in [6.07, 6.45) is 3.92. The lowest BCUT2D eigenvalue weighted by molar-refractivity contribution is 0.298. The smallest absolute Gasteiger partial charge is 0.219 e. The summed E-state index contributed by atoms with van der Waals surface area (Å²) in [5, 5.41) is 13.0. The van der Waals surface area contributed by atoms with Gasteiger partial charge in [0.1, 0.15) is 5.75 Å². The van der Waals surface area contributed by atoms with E-state index in [0.717, 1.165) is 30.7 Å². The van der Waals surface area contributed by atoms with E-state index < -0.39 is 0 Å². The first-order valence-electron chi connectivity index (χ1n) is 9.22. The van der Waals surface area contributed by atoms with Crippen LogP contribution in [0.3, 0.4) is 0 Å². The van der Waals surface area contributed by atoms with Gasteiger partial charge in [-0.25, -0.2) is 4.98 Å². The highest BCUT2D eigenvalue weighted by atomic mass is 16.5. The van der Waals surface area contributed by atoms with Crippen molar-refractivity contribution < 1.29 is 9.94 Å². The second-order valence-corrected chi connectivity index (χ2v) is 7.33. The van der Waals surface area contributed by atoms with E-state index in [-0.39, 0.29) is 0 Å². The number of aromatic nitrogens is 1. The molecule has 0 aliphatic carbocycles. The van der Waals surface area contributed by atoms with E-state index in [9.17, 15) is 5.21 Å². The van der Waals surface area contributed by atoms with Crippen molar-refractivity contribution in [1.29, 1.82) is 0 Å². The first-order valence-corrected chi connectivity index (χ1v) is 9.22. The molecule has 0 amide bonds. The molecule has 26 heavy (non-hydrogen) atoms. The van der Waals surface area contributed by atoms with E-state index in [1.165, 1.54) is 11.1 Å². The van der Waals surface area contributed by atoms with Gasteiger partial charge in [0.05, 0.1) is 0 Å². The van der Waals surface area contributed by atoms with E-state index in [1.54, 1.807) is 6.20 Å². The van der Waals surface area contributed by atoms with Crippen LogP contribution in [0.1, 0.15) is 56.2 Å². The number of hydrogen-bond acceptors (Lipinski definition) is 4. The minimum Gasteiger partial charge on any atom is -0.439 e. The Labute approximate surface area is 155 Å². The highest BCUT2D eigenvalue weighted by molar-refractivity contribution is 5.98. The third-order valence-corrected chi connectivity index (χ3v) is 4.88. The summed E-state index contributed by atoms with van der Waals surface area (Å²) in [7, 11) is 0. The Kier molecular flexibility index (Phi) is 5.45. The molecule has 2 aromatic rings. The summed E-state index contributed by atoms with van der Waals surface area (Å²) in [5.74, 6) is 2.34. The van der Waals surface area contributed by atoms with Gasteiger partial charge in [0.2, 0.25) is 5.88 Å². The van der Waals surface area contributed by atoms with Crippen LogP contribution in [0, 0.1) is 6.92 Å². The maximum atomic E-state index is 9.46. The first kappa shape index (κ1) is 18.2. The van der Waals surface area contributed by atoms with E-state index in [2.05, 4.69) is 54.9 Å². The molecule has 0 saturated carbocycles. The highest BCUT2D eigenvalue weighted by Crippen LogP contribution is 2.27. The predicted molar refractivity (Wildman–Crippen MR) is 103 cm³/mol.